The van der Waals surface area contributed by atoms with E-state index in [1.807, 2.05) is 0 Å². The standard InChI is InChI=1S/C18H16FN5O6S/c19-11-1-3-14-13(9-11)17(18(25)20-14)22-21-15-4-2-12(24(26)27)10-16(15)31(28,29)23-5-7-30-8-6-23/h1-4,9-10,20,25H,5-8H2. The number of benzene rings is 2. The van der Waals surface area contributed by atoms with Crippen molar-refractivity contribution >= 4 is 38.0 Å². The Morgan fingerprint density at radius 1 is 1.16 bits per heavy atom. The topological polar surface area (TPSA) is 150 Å². The molecule has 1 aromatic heterocycles. The highest BCUT2D eigenvalue weighted by molar-refractivity contribution is 7.89. The lowest BCUT2D eigenvalue weighted by Crippen LogP contribution is -2.40. The lowest BCUT2D eigenvalue weighted by molar-refractivity contribution is -0.385. The molecule has 1 saturated heterocycles. The average molecular weight is 449 g/mol. The van der Waals surface area contributed by atoms with Gasteiger partial charge in [0.1, 0.15) is 16.4 Å². The largest absolute Gasteiger partial charge is 0.493 e. The van der Waals surface area contributed by atoms with Gasteiger partial charge in [-0.2, -0.15) is 4.31 Å². The van der Waals surface area contributed by atoms with Gasteiger partial charge in [0.15, 0.2) is 5.69 Å². The van der Waals surface area contributed by atoms with Gasteiger partial charge in [0, 0.05) is 30.6 Å². The van der Waals surface area contributed by atoms with Crippen LogP contribution in [0.2, 0.25) is 0 Å². The first-order chi connectivity index (χ1) is 14.8. The predicted molar refractivity (Wildman–Crippen MR) is 107 cm³/mol. The molecule has 0 bridgehead atoms. The molecular weight excluding hydrogens is 433 g/mol. The Labute approximate surface area is 175 Å². The van der Waals surface area contributed by atoms with Gasteiger partial charge in [0.2, 0.25) is 15.9 Å². The molecule has 11 nitrogen and oxygen atoms in total. The zero-order valence-corrected chi connectivity index (χ0v) is 16.7. The molecule has 0 unspecified atom stereocenters. The monoisotopic (exact) mass is 449 g/mol. The number of nitro groups is 1. The summed E-state index contributed by atoms with van der Waals surface area (Å²) in [7, 11) is -4.13. The molecule has 2 N–H and O–H groups in total. The van der Waals surface area contributed by atoms with Gasteiger partial charge in [-0.15, -0.1) is 10.2 Å². The molecule has 0 amide bonds. The number of morpholine rings is 1. The fraction of sp³-hybridized carbons (Fsp3) is 0.222. The number of aromatic nitrogens is 1. The number of nitrogens with zero attached hydrogens (tertiary/aromatic N) is 4. The zero-order chi connectivity index (χ0) is 22.2. The van der Waals surface area contributed by atoms with Crippen LogP contribution in [0.1, 0.15) is 0 Å². The Hall–Kier alpha value is -3.42. The van der Waals surface area contributed by atoms with E-state index in [9.17, 15) is 28.0 Å². The van der Waals surface area contributed by atoms with Crippen molar-refractivity contribution in [3.8, 4) is 5.88 Å². The Morgan fingerprint density at radius 2 is 1.90 bits per heavy atom. The number of hydrogen-bond donors (Lipinski definition) is 2. The molecule has 4 rings (SSSR count). The summed E-state index contributed by atoms with van der Waals surface area (Å²) in [6, 6.07) is 6.91. The third-order valence-electron chi connectivity index (χ3n) is 4.71. The number of fused-ring (bicyclic) bond motifs is 1. The summed E-state index contributed by atoms with van der Waals surface area (Å²) in [6.07, 6.45) is 0. The molecule has 3 aromatic rings. The SMILES string of the molecule is O=[N+]([O-])c1ccc(N=Nc2c(O)[nH]c3ccc(F)cc23)c(S(=O)(=O)N2CCOCC2)c1. The van der Waals surface area contributed by atoms with Crippen molar-refractivity contribution < 1.29 is 27.6 Å². The fourth-order valence-electron chi connectivity index (χ4n) is 3.17. The van der Waals surface area contributed by atoms with Crippen LogP contribution in [0.3, 0.4) is 0 Å². The predicted octanol–water partition coefficient (Wildman–Crippen LogP) is 3.36. The Balaban J connectivity index is 1.81. The molecular formula is C18H16FN5O6S. The molecule has 13 heteroatoms. The Kier molecular flexibility index (Phi) is 5.39. The molecule has 31 heavy (non-hydrogen) atoms. The molecule has 0 spiro atoms. The van der Waals surface area contributed by atoms with Crippen LogP contribution in [0.4, 0.5) is 21.5 Å². The smallest absolute Gasteiger partial charge is 0.270 e. The molecule has 0 atom stereocenters. The number of rotatable bonds is 5. The fourth-order valence-corrected chi connectivity index (χ4v) is 4.72. The number of halogens is 1. The van der Waals surface area contributed by atoms with E-state index < -0.39 is 31.3 Å². The van der Waals surface area contributed by atoms with E-state index >= 15 is 0 Å². The minimum atomic E-state index is -4.13. The molecule has 1 aliphatic rings. The molecule has 2 aromatic carbocycles. The van der Waals surface area contributed by atoms with E-state index in [1.54, 1.807) is 0 Å². The van der Waals surface area contributed by atoms with Crippen LogP contribution < -0.4 is 0 Å². The minimum absolute atomic E-state index is 0.0874. The summed E-state index contributed by atoms with van der Waals surface area (Å²) in [6.45, 7) is 0.563. The Morgan fingerprint density at radius 3 is 2.61 bits per heavy atom. The molecule has 0 saturated carbocycles. The van der Waals surface area contributed by atoms with Crippen molar-refractivity contribution in [2.45, 2.75) is 4.90 Å². The lowest BCUT2D eigenvalue weighted by atomic mass is 10.2. The highest BCUT2D eigenvalue weighted by atomic mass is 32.2. The molecule has 2 heterocycles. The number of nitrogens with one attached hydrogen (secondary N) is 1. The minimum Gasteiger partial charge on any atom is -0.493 e. The van der Waals surface area contributed by atoms with Crippen LogP contribution in [0.5, 0.6) is 5.88 Å². The first kappa shape index (κ1) is 20.8. The van der Waals surface area contributed by atoms with Gasteiger partial charge in [-0.05, 0) is 24.3 Å². The molecule has 1 aliphatic heterocycles. The van der Waals surface area contributed by atoms with Gasteiger partial charge in [0.05, 0.1) is 23.7 Å². The van der Waals surface area contributed by atoms with Gasteiger partial charge < -0.3 is 14.8 Å². The van der Waals surface area contributed by atoms with Crippen LogP contribution in [0, 0.1) is 15.9 Å². The summed E-state index contributed by atoms with van der Waals surface area (Å²) in [5.41, 5.74) is -0.287. The number of nitro benzene ring substituents is 1. The van der Waals surface area contributed by atoms with Crippen molar-refractivity contribution in [2.75, 3.05) is 26.3 Å². The van der Waals surface area contributed by atoms with Gasteiger partial charge in [0.25, 0.3) is 5.69 Å². The summed E-state index contributed by atoms with van der Waals surface area (Å²) >= 11 is 0. The maximum absolute atomic E-state index is 13.6. The second kappa shape index (κ2) is 8.02. The van der Waals surface area contributed by atoms with E-state index in [0.29, 0.717) is 5.52 Å². The van der Waals surface area contributed by atoms with Gasteiger partial charge in [-0.25, -0.2) is 12.8 Å². The number of H-pyrrole nitrogens is 1. The zero-order valence-electron chi connectivity index (χ0n) is 15.9. The quantitative estimate of drug-likeness (QED) is 0.346. The second-order valence-electron chi connectivity index (χ2n) is 6.64. The van der Waals surface area contributed by atoms with E-state index in [-0.39, 0.29) is 48.9 Å². The summed E-state index contributed by atoms with van der Waals surface area (Å²) in [4.78, 5) is 12.7. The highest BCUT2D eigenvalue weighted by Crippen LogP contribution is 2.38. The maximum Gasteiger partial charge on any atom is 0.270 e. The third-order valence-corrected chi connectivity index (χ3v) is 6.64. The van der Waals surface area contributed by atoms with Crippen LogP contribution in [-0.4, -0.2) is 54.0 Å². The van der Waals surface area contributed by atoms with E-state index in [4.69, 9.17) is 4.74 Å². The number of aromatic hydroxyl groups is 1. The molecule has 1 fully saturated rings. The molecule has 162 valence electrons. The number of aromatic amines is 1. The number of azo groups is 1. The van der Waals surface area contributed by atoms with Crippen LogP contribution in [-0.2, 0) is 14.8 Å². The normalized spacial score (nSPS) is 15.6. The van der Waals surface area contributed by atoms with Crippen molar-refractivity contribution in [3.05, 3.63) is 52.3 Å². The van der Waals surface area contributed by atoms with Crippen molar-refractivity contribution in [2.24, 2.45) is 10.2 Å². The first-order valence-electron chi connectivity index (χ1n) is 9.05. The number of sulfonamides is 1. The highest BCUT2D eigenvalue weighted by Gasteiger charge is 2.30. The maximum atomic E-state index is 13.6. The van der Waals surface area contributed by atoms with Gasteiger partial charge in [-0.3, -0.25) is 10.1 Å². The Bertz CT molecular complexity index is 1300. The van der Waals surface area contributed by atoms with Gasteiger partial charge >= 0.3 is 0 Å². The van der Waals surface area contributed by atoms with Crippen LogP contribution >= 0.6 is 0 Å². The van der Waals surface area contributed by atoms with Crippen molar-refractivity contribution in [3.63, 3.8) is 0 Å². The second-order valence-corrected chi connectivity index (χ2v) is 8.54. The van der Waals surface area contributed by atoms with E-state index in [1.165, 1.54) is 12.1 Å². The number of hydrogen-bond acceptors (Lipinski definition) is 8. The molecule has 0 aliphatic carbocycles. The lowest BCUT2D eigenvalue weighted by Gasteiger charge is -2.26. The van der Waals surface area contributed by atoms with E-state index in [2.05, 4.69) is 15.2 Å². The first-order valence-corrected chi connectivity index (χ1v) is 10.5. The number of ether oxygens (including phenoxy) is 1. The van der Waals surface area contributed by atoms with Crippen LogP contribution in [0.15, 0.2) is 51.5 Å². The summed E-state index contributed by atoms with van der Waals surface area (Å²) < 4.78 is 46.1. The van der Waals surface area contributed by atoms with Gasteiger partial charge in [-0.1, -0.05) is 0 Å². The third kappa shape index (κ3) is 3.97. The number of non-ortho nitro benzene ring substituents is 1. The average Bonchev–Trinajstić information content (AvgIpc) is 3.06. The van der Waals surface area contributed by atoms with E-state index in [0.717, 1.165) is 28.6 Å². The summed E-state index contributed by atoms with van der Waals surface area (Å²) in [5, 5.41) is 29.3. The van der Waals surface area contributed by atoms with Crippen molar-refractivity contribution in [1.82, 2.24) is 9.29 Å². The van der Waals surface area contributed by atoms with Crippen LogP contribution in [0.25, 0.3) is 10.9 Å². The van der Waals surface area contributed by atoms with Crippen molar-refractivity contribution in [1.29, 1.82) is 0 Å². The summed E-state index contributed by atoms with van der Waals surface area (Å²) in [5.74, 6) is -0.947. The molecule has 0 radical (unpaired) electrons.